The third-order valence-electron chi connectivity index (χ3n) is 6.32. The molecule has 5 nitrogen and oxygen atoms in total. The van der Waals surface area contributed by atoms with Crippen molar-refractivity contribution in [2.75, 3.05) is 17.3 Å². The van der Waals surface area contributed by atoms with Gasteiger partial charge in [0.25, 0.3) is 0 Å². The Morgan fingerprint density at radius 2 is 1.61 bits per heavy atom. The summed E-state index contributed by atoms with van der Waals surface area (Å²) in [6.07, 6.45) is 6.41. The lowest BCUT2D eigenvalue weighted by molar-refractivity contribution is -0.182. The van der Waals surface area contributed by atoms with Gasteiger partial charge in [0.15, 0.2) is 0 Å². The van der Waals surface area contributed by atoms with E-state index in [-0.39, 0.29) is 11.5 Å². The molecular formula is C21H35NO4S2. The van der Waals surface area contributed by atoms with Crippen molar-refractivity contribution in [3.8, 4) is 0 Å². The molecule has 0 aromatic carbocycles. The number of carbonyl (C=O) groups is 2. The number of hydrogen-bond donors (Lipinski definition) is 2. The summed E-state index contributed by atoms with van der Waals surface area (Å²) in [6, 6.07) is 0. The van der Waals surface area contributed by atoms with Crippen molar-refractivity contribution < 1.29 is 19.2 Å². The monoisotopic (exact) mass is 429 g/mol. The third kappa shape index (κ3) is 5.60. The van der Waals surface area contributed by atoms with E-state index in [2.05, 4.69) is 32.0 Å². The van der Waals surface area contributed by atoms with Gasteiger partial charge in [-0.25, -0.2) is 4.79 Å². The molecular weight excluding hydrogens is 394 g/mol. The van der Waals surface area contributed by atoms with E-state index >= 15 is 0 Å². The molecule has 0 unspecified atom stereocenters. The molecule has 4 aliphatic carbocycles. The number of ether oxygens (including phenoxy) is 1. The molecule has 0 saturated heterocycles. The molecule has 4 fully saturated rings. The van der Waals surface area contributed by atoms with E-state index in [0.717, 1.165) is 42.8 Å². The van der Waals surface area contributed by atoms with Crippen LogP contribution >= 0.6 is 24.4 Å². The van der Waals surface area contributed by atoms with Gasteiger partial charge in [0.05, 0.1) is 11.5 Å². The Bertz CT molecular complexity index is 533. The summed E-state index contributed by atoms with van der Waals surface area (Å²) in [5, 5.41) is 0. The van der Waals surface area contributed by atoms with Gasteiger partial charge in [-0.15, -0.1) is 5.48 Å². The van der Waals surface area contributed by atoms with Crippen molar-refractivity contribution in [1.29, 1.82) is 0 Å². The highest BCUT2D eigenvalue weighted by Crippen LogP contribution is 2.55. The van der Waals surface area contributed by atoms with Crippen LogP contribution in [0.1, 0.15) is 59.3 Å². The van der Waals surface area contributed by atoms with E-state index in [1.807, 2.05) is 0 Å². The molecule has 160 valence electrons. The molecule has 0 spiro atoms. The molecule has 4 aliphatic rings. The van der Waals surface area contributed by atoms with Gasteiger partial charge in [-0.1, -0.05) is 20.8 Å². The van der Waals surface area contributed by atoms with Gasteiger partial charge in [0, 0.05) is 11.5 Å². The SMILES string of the molecule is CC(C)CSC[C@H](OC(=O)[C@H](C)CS)C(=O)ONC12CC3CC(CC(C3)C1)C2. The van der Waals surface area contributed by atoms with Gasteiger partial charge < -0.3 is 9.57 Å². The van der Waals surface area contributed by atoms with E-state index in [0.29, 0.717) is 17.4 Å². The number of thioether (sulfide) groups is 1. The topological polar surface area (TPSA) is 64.6 Å². The first-order valence-electron chi connectivity index (χ1n) is 10.7. The average Bonchev–Trinajstić information content (AvgIpc) is 2.63. The van der Waals surface area contributed by atoms with Crippen molar-refractivity contribution >= 4 is 36.3 Å². The summed E-state index contributed by atoms with van der Waals surface area (Å²) in [5.74, 6) is 3.32. The molecule has 0 aromatic rings. The number of esters is 1. The van der Waals surface area contributed by atoms with Crippen LogP contribution in [0.25, 0.3) is 0 Å². The zero-order valence-corrected chi connectivity index (χ0v) is 19.0. The first kappa shape index (κ1) is 22.3. The van der Waals surface area contributed by atoms with Crippen LogP contribution < -0.4 is 5.48 Å². The zero-order valence-electron chi connectivity index (χ0n) is 17.3. The molecule has 2 atom stereocenters. The van der Waals surface area contributed by atoms with Crippen LogP contribution in [0.3, 0.4) is 0 Å². The van der Waals surface area contributed by atoms with Gasteiger partial charge in [0.2, 0.25) is 6.10 Å². The second kappa shape index (κ2) is 9.61. The van der Waals surface area contributed by atoms with Crippen molar-refractivity contribution in [3.63, 3.8) is 0 Å². The summed E-state index contributed by atoms with van der Waals surface area (Å²) in [5.41, 5.74) is 3.09. The lowest BCUT2D eigenvalue weighted by Crippen LogP contribution is -2.59. The Morgan fingerprint density at radius 1 is 1.04 bits per heavy atom. The molecule has 0 aromatic heterocycles. The van der Waals surface area contributed by atoms with Gasteiger partial charge >= 0.3 is 11.9 Å². The maximum absolute atomic E-state index is 12.8. The Morgan fingerprint density at radius 3 is 2.11 bits per heavy atom. The highest BCUT2D eigenvalue weighted by molar-refractivity contribution is 7.99. The van der Waals surface area contributed by atoms with Crippen molar-refractivity contribution in [2.24, 2.45) is 29.6 Å². The molecule has 28 heavy (non-hydrogen) atoms. The predicted molar refractivity (Wildman–Crippen MR) is 115 cm³/mol. The predicted octanol–water partition coefficient (Wildman–Crippen LogP) is 3.87. The molecule has 0 aliphatic heterocycles. The lowest BCUT2D eigenvalue weighted by Gasteiger charge is -2.56. The van der Waals surface area contributed by atoms with Gasteiger partial charge in [-0.05, 0) is 67.9 Å². The van der Waals surface area contributed by atoms with Crippen LogP contribution in [0.4, 0.5) is 0 Å². The number of rotatable bonds is 10. The van der Waals surface area contributed by atoms with E-state index in [4.69, 9.17) is 9.57 Å². The molecule has 4 rings (SSSR count). The normalized spacial score (nSPS) is 33.0. The van der Waals surface area contributed by atoms with Crippen molar-refractivity contribution in [1.82, 2.24) is 5.48 Å². The summed E-state index contributed by atoms with van der Waals surface area (Å²) in [6.45, 7) is 6.01. The minimum Gasteiger partial charge on any atom is -0.449 e. The summed E-state index contributed by atoms with van der Waals surface area (Å²) in [7, 11) is 0. The number of hydrogen-bond acceptors (Lipinski definition) is 7. The number of nitrogens with one attached hydrogen (secondary N) is 1. The second-order valence-electron chi connectivity index (χ2n) is 9.66. The van der Waals surface area contributed by atoms with Crippen molar-refractivity contribution in [3.05, 3.63) is 0 Å². The van der Waals surface area contributed by atoms with E-state index in [9.17, 15) is 9.59 Å². The quantitative estimate of drug-likeness (QED) is 0.312. The van der Waals surface area contributed by atoms with Gasteiger partial charge in [-0.3, -0.25) is 4.79 Å². The smallest absolute Gasteiger partial charge is 0.366 e. The molecule has 7 heteroatoms. The first-order chi connectivity index (χ1) is 13.3. The van der Waals surface area contributed by atoms with Crippen LogP contribution in [0.2, 0.25) is 0 Å². The van der Waals surface area contributed by atoms with E-state index < -0.39 is 18.0 Å². The number of hydroxylamine groups is 1. The lowest BCUT2D eigenvalue weighted by atomic mass is 9.53. The molecule has 0 amide bonds. The van der Waals surface area contributed by atoms with E-state index in [1.54, 1.807) is 18.7 Å². The first-order valence-corrected chi connectivity index (χ1v) is 12.5. The summed E-state index contributed by atoms with van der Waals surface area (Å²) in [4.78, 5) is 30.5. The maximum atomic E-state index is 12.8. The van der Waals surface area contributed by atoms with Crippen LogP contribution in [-0.4, -0.2) is 40.8 Å². The van der Waals surface area contributed by atoms with Crippen LogP contribution in [0.15, 0.2) is 0 Å². The standard InChI is InChI=1S/C21H35NO4S2/c1-13(2)11-28-12-18(25-19(23)14(3)10-27)20(24)26-22-21-7-15-4-16(8-21)6-17(5-15)9-21/h13-18,22,27H,4-12H2,1-3H3/t14-,15?,16?,17?,18+,21?/m1/s1. The fraction of sp³-hybridized carbons (Fsp3) is 0.905. The van der Waals surface area contributed by atoms with Crippen molar-refractivity contribution in [2.45, 2.75) is 70.9 Å². The Kier molecular flexibility index (Phi) is 7.65. The molecule has 4 saturated carbocycles. The van der Waals surface area contributed by atoms with Crippen LogP contribution in [-0.2, 0) is 19.2 Å². The van der Waals surface area contributed by atoms with Crippen LogP contribution in [0, 0.1) is 29.6 Å². The Balaban J connectivity index is 1.56. The van der Waals surface area contributed by atoms with Gasteiger partial charge in [0.1, 0.15) is 0 Å². The average molecular weight is 430 g/mol. The third-order valence-corrected chi connectivity index (χ3v) is 8.31. The fourth-order valence-electron chi connectivity index (χ4n) is 5.35. The number of carbonyl (C=O) groups excluding carboxylic acids is 2. The highest BCUT2D eigenvalue weighted by Gasteiger charge is 2.51. The molecule has 4 bridgehead atoms. The van der Waals surface area contributed by atoms with Crippen LogP contribution in [0.5, 0.6) is 0 Å². The van der Waals surface area contributed by atoms with Gasteiger partial charge in [-0.2, -0.15) is 24.4 Å². The zero-order chi connectivity index (χ0) is 20.3. The van der Waals surface area contributed by atoms with E-state index in [1.165, 1.54) is 19.3 Å². The largest absolute Gasteiger partial charge is 0.449 e. The molecule has 1 N–H and O–H groups in total. The maximum Gasteiger partial charge on any atom is 0.366 e. The fourth-order valence-corrected chi connectivity index (χ4v) is 6.53. The Labute approximate surface area is 178 Å². The molecule has 0 radical (unpaired) electrons. The minimum atomic E-state index is -0.875. The summed E-state index contributed by atoms with van der Waals surface area (Å²) < 4.78 is 5.50. The minimum absolute atomic E-state index is 0.0670. The molecule has 0 heterocycles. The second-order valence-corrected chi connectivity index (χ2v) is 11.1. The summed E-state index contributed by atoms with van der Waals surface area (Å²) >= 11 is 5.77. The highest BCUT2D eigenvalue weighted by atomic mass is 32.2. The number of thiol groups is 1. The Hall–Kier alpha value is -0.400.